The third-order valence-corrected chi connectivity index (χ3v) is 4.97. The summed E-state index contributed by atoms with van der Waals surface area (Å²) >= 11 is 1.89. The van der Waals surface area contributed by atoms with Gasteiger partial charge in [0.05, 0.1) is 6.61 Å². The van der Waals surface area contributed by atoms with Crippen LogP contribution in [0.25, 0.3) is 0 Å². The van der Waals surface area contributed by atoms with Gasteiger partial charge in [0.25, 0.3) is 0 Å². The minimum absolute atomic E-state index is 0.736. The largest absolute Gasteiger partial charge is 0.383 e. The number of hydrogen-bond donors (Lipinski definition) is 0. The second-order valence-corrected chi connectivity index (χ2v) is 7.06. The minimum Gasteiger partial charge on any atom is -0.383 e. The Kier molecular flexibility index (Phi) is 5.08. The molecule has 0 fully saturated rings. The van der Waals surface area contributed by atoms with Crippen LogP contribution in [0.1, 0.15) is 15.3 Å². The number of anilines is 1. The molecule has 118 valence electrons. The van der Waals surface area contributed by atoms with Crippen LogP contribution in [0, 0.1) is 6.92 Å². The van der Waals surface area contributed by atoms with Gasteiger partial charge in [0.15, 0.2) is 0 Å². The number of nitrogens with zero attached hydrogens (tertiary/aromatic N) is 3. The highest BCUT2D eigenvalue weighted by atomic mass is 32.1. The van der Waals surface area contributed by atoms with Gasteiger partial charge in [-0.2, -0.15) is 0 Å². The first-order chi connectivity index (χ1) is 10.8. The van der Waals surface area contributed by atoms with E-state index in [2.05, 4.69) is 39.9 Å². The van der Waals surface area contributed by atoms with Gasteiger partial charge < -0.3 is 9.64 Å². The fourth-order valence-electron chi connectivity index (χ4n) is 2.87. The Balaban J connectivity index is 1.75. The Hall–Kier alpha value is -1.43. The van der Waals surface area contributed by atoms with Gasteiger partial charge >= 0.3 is 0 Å². The van der Waals surface area contributed by atoms with E-state index in [-0.39, 0.29) is 0 Å². The van der Waals surface area contributed by atoms with E-state index in [1.54, 1.807) is 7.11 Å². The minimum atomic E-state index is 0.736. The normalized spacial score (nSPS) is 15.6. The monoisotopic (exact) mass is 317 g/mol. The Morgan fingerprint density at radius 2 is 2.18 bits per heavy atom. The molecule has 3 heterocycles. The number of fused-ring (bicyclic) bond motifs is 1. The van der Waals surface area contributed by atoms with Gasteiger partial charge in [-0.25, -0.2) is 4.98 Å². The van der Waals surface area contributed by atoms with E-state index in [1.807, 2.05) is 23.6 Å². The van der Waals surface area contributed by atoms with Crippen molar-refractivity contribution in [1.82, 2.24) is 9.88 Å². The van der Waals surface area contributed by atoms with Gasteiger partial charge in [-0.3, -0.25) is 4.90 Å². The lowest BCUT2D eigenvalue weighted by Gasteiger charge is -2.23. The van der Waals surface area contributed by atoms with Crippen molar-refractivity contribution in [2.75, 3.05) is 38.3 Å². The van der Waals surface area contributed by atoms with E-state index < -0.39 is 0 Å². The Bertz CT molecular complexity index is 613. The van der Waals surface area contributed by atoms with Gasteiger partial charge in [0.1, 0.15) is 5.82 Å². The average molecular weight is 317 g/mol. The van der Waals surface area contributed by atoms with Crippen molar-refractivity contribution in [3.8, 4) is 0 Å². The molecular weight excluding hydrogens is 294 g/mol. The molecule has 0 N–H and O–H groups in total. The maximum absolute atomic E-state index is 5.24. The van der Waals surface area contributed by atoms with Gasteiger partial charge in [-0.1, -0.05) is 6.07 Å². The van der Waals surface area contributed by atoms with E-state index >= 15 is 0 Å². The molecular formula is C17H23N3OS. The molecule has 0 saturated carbocycles. The average Bonchev–Trinajstić information content (AvgIpc) is 2.84. The van der Waals surface area contributed by atoms with Crippen LogP contribution in [0.15, 0.2) is 30.5 Å². The molecule has 0 aromatic carbocycles. The maximum atomic E-state index is 5.24. The number of hydrogen-bond acceptors (Lipinski definition) is 5. The van der Waals surface area contributed by atoms with Gasteiger partial charge in [-0.15, -0.1) is 11.3 Å². The summed E-state index contributed by atoms with van der Waals surface area (Å²) in [5, 5.41) is 0. The molecule has 2 aromatic rings. The highest BCUT2D eigenvalue weighted by Crippen LogP contribution is 2.24. The van der Waals surface area contributed by atoms with Crippen molar-refractivity contribution in [3.63, 3.8) is 0 Å². The van der Waals surface area contributed by atoms with Gasteiger partial charge in [-0.05, 0) is 25.1 Å². The summed E-state index contributed by atoms with van der Waals surface area (Å²) in [7, 11) is 1.75. The molecule has 0 radical (unpaired) electrons. The molecule has 0 spiro atoms. The molecule has 0 aliphatic carbocycles. The number of aromatic nitrogens is 1. The molecule has 0 saturated heterocycles. The van der Waals surface area contributed by atoms with E-state index in [9.17, 15) is 0 Å². The quantitative estimate of drug-likeness (QED) is 0.848. The second kappa shape index (κ2) is 7.22. The number of rotatable bonds is 5. The summed E-state index contributed by atoms with van der Waals surface area (Å²) in [5.41, 5.74) is 1.31. The first kappa shape index (κ1) is 15.5. The van der Waals surface area contributed by atoms with Crippen LogP contribution >= 0.6 is 11.3 Å². The van der Waals surface area contributed by atoms with Crippen molar-refractivity contribution in [1.29, 1.82) is 0 Å². The smallest absolute Gasteiger partial charge is 0.133 e. The third-order valence-electron chi connectivity index (χ3n) is 3.99. The van der Waals surface area contributed by atoms with Crippen molar-refractivity contribution < 1.29 is 4.74 Å². The van der Waals surface area contributed by atoms with E-state index in [4.69, 9.17) is 4.74 Å². The van der Waals surface area contributed by atoms with Crippen LogP contribution in [0.3, 0.4) is 0 Å². The zero-order valence-electron chi connectivity index (χ0n) is 13.3. The predicted molar refractivity (Wildman–Crippen MR) is 91.5 cm³/mol. The number of ether oxygens (including phenoxy) is 1. The van der Waals surface area contributed by atoms with E-state index in [0.717, 1.165) is 45.1 Å². The fourth-order valence-corrected chi connectivity index (χ4v) is 3.80. The van der Waals surface area contributed by atoms with Gasteiger partial charge in [0.2, 0.25) is 0 Å². The molecule has 2 aromatic heterocycles. The first-order valence-corrected chi connectivity index (χ1v) is 8.53. The Morgan fingerprint density at radius 1 is 1.27 bits per heavy atom. The Labute approximate surface area is 136 Å². The summed E-state index contributed by atoms with van der Waals surface area (Å²) in [5.74, 6) is 1.12. The molecule has 0 bridgehead atoms. The standard InChI is InChI=1S/C17H23N3OS/c1-14-5-6-16(22-14)13-19-8-9-20(10-11-21-2)17-15(12-19)4-3-7-18-17/h3-7H,8-13H2,1-2H3. The van der Waals surface area contributed by atoms with Crippen molar-refractivity contribution in [2.24, 2.45) is 0 Å². The summed E-state index contributed by atoms with van der Waals surface area (Å²) in [4.78, 5) is 12.3. The molecule has 1 aliphatic rings. The molecule has 0 atom stereocenters. The SMILES string of the molecule is COCCN1CCN(Cc2ccc(C)s2)Cc2cccnc21. The molecule has 5 heteroatoms. The lowest BCUT2D eigenvalue weighted by atomic mass is 10.2. The highest BCUT2D eigenvalue weighted by molar-refractivity contribution is 7.11. The first-order valence-electron chi connectivity index (χ1n) is 7.71. The van der Waals surface area contributed by atoms with Crippen molar-refractivity contribution >= 4 is 17.2 Å². The van der Waals surface area contributed by atoms with Crippen molar-refractivity contribution in [2.45, 2.75) is 20.0 Å². The number of pyridine rings is 1. The van der Waals surface area contributed by atoms with Crippen molar-refractivity contribution in [3.05, 3.63) is 45.8 Å². The molecule has 3 rings (SSSR count). The summed E-state index contributed by atoms with van der Waals surface area (Å²) in [6, 6.07) is 8.68. The lowest BCUT2D eigenvalue weighted by molar-refractivity contribution is 0.203. The zero-order valence-corrected chi connectivity index (χ0v) is 14.1. The van der Waals surface area contributed by atoms with Crippen LogP contribution in [-0.2, 0) is 17.8 Å². The van der Waals surface area contributed by atoms with Crippen LogP contribution in [0.4, 0.5) is 5.82 Å². The predicted octanol–water partition coefficient (Wildman–Crippen LogP) is 2.92. The molecule has 0 amide bonds. The summed E-state index contributed by atoms with van der Waals surface area (Å²) in [6.45, 7) is 7.83. The van der Waals surface area contributed by atoms with E-state index in [0.29, 0.717) is 0 Å². The molecule has 0 unspecified atom stereocenters. The Morgan fingerprint density at radius 3 is 2.95 bits per heavy atom. The van der Waals surface area contributed by atoms with Gasteiger partial charge in [0, 0.05) is 61.3 Å². The molecule has 1 aliphatic heterocycles. The fraction of sp³-hybridized carbons (Fsp3) is 0.471. The van der Waals surface area contributed by atoms with Crippen LogP contribution < -0.4 is 4.90 Å². The number of thiophene rings is 1. The van der Waals surface area contributed by atoms with Crippen LogP contribution in [0.5, 0.6) is 0 Å². The summed E-state index contributed by atoms with van der Waals surface area (Å²) < 4.78 is 5.24. The summed E-state index contributed by atoms with van der Waals surface area (Å²) in [6.07, 6.45) is 1.89. The number of methoxy groups -OCH3 is 1. The lowest BCUT2D eigenvalue weighted by Crippen LogP contribution is -2.33. The number of aryl methyl sites for hydroxylation is 1. The second-order valence-electron chi connectivity index (χ2n) is 5.69. The van der Waals surface area contributed by atoms with Crippen LogP contribution in [-0.4, -0.2) is 43.2 Å². The van der Waals surface area contributed by atoms with Crippen LogP contribution in [0.2, 0.25) is 0 Å². The van der Waals surface area contributed by atoms with E-state index in [1.165, 1.54) is 15.3 Å². The molecule has 22 heavy (non-hydrogen) atoms. The topological polar surface area (TPSA) is 28.6 Å². The highest BCUT2D eigenvalue weighted by Gasteiger charge is 2.20. The maximum Gasteiger partial charge on any atom is 0.133 e. The molecule has 4 nitrogen and oxygen atoms in total. The zero-order chi connectivity index (χ0) is 15.4. The third kappa shape index (κ3) is 3.66.